The summed E-state index contributed by atoms with van der Waals surface area (Å²) < 4.78 is 0. The summed E-state index contributed by atoms with van der Waals surface area (Å²) in [7, 11) is 1.89. The molecule has 2 N–H and O–H groups in total. The van der Waals surface area contributed by atoms with Crippen molar-refractivity contribution in [2.45, 2.75) is 50.3 Å². The Kier molecular flexibility index (Phi) is 5.02. The van der Waals surface area contributed by atoms with E-state index in [4.69, 9.17) is 0 Å². The molecule has 2 unspecified atom stereocenters. The van der Waals surface area contributed by atoms with Crippen LogP contribution in [-0.2, 0) is 4.79 Å². The highest BCUT2D eigenvalue weighted by atomic mass is 35.5. The van der Waals surface area contributed by atoms with Gasteiger partial charge in [0.15, 0.2) is 0 Å². The molecule has 0 bridgehead atoms. The number of aliphatic hydroxyl groups excluding tert-OH is 1. The van der Waals surface area contributed by atoms with Crippen LogP contribution in [0.25, 0.3) is 0 Å². The molecule has 2 atom stereocenters. The van der Waals surface area contributed by atoms with Crippen LogP contribution >= 0.6 is 12.4 Å². The van der Waals surface area contributed by atoms with Crippen LogP contribution < -0.4 is 5.32 Å². The van der Waals surface area contributed by atoms with Crippen LogP contribution in [0.4, 0.5) is 0 Å². The summed E-state index contributed by atoms with van der Waals surface area (Å²) in [5.41, 5.74) is 0. The zero-order valence-electron chi connectivity index (χ0n) is 9.69. The smallest absolute Gasteiger partial charge is 0.239 e. The lowest BCUT2D eigenvalue weighted by atomic mass is 10.1. The summed E-state index contributed by atoms with van der Waals surface area (Å²) in [6.45, 7) is 0.551. The van der Waals surface area contributed by atoms with Crippen molar-refractivity contribution in [1.82, 2.24) is 10.2 Å². The first kappa shape index (κ1) is 13.7. The molecule has 1 saturated carbocycles. The maximum absolute atomic E-state index is 12.0. The highest BCUT2D eigenvalue weighted by Gasteiger charge is 2.33. The number of amides is 1. The van der Waals surface area contributed by atoms with Gasteiger partial charge in [-0.15, -0.1) is 12.4 Å². The lowest BCUT2D eigenvalue weighted by molar-refractivity contribution is -0.133. The molecular weight excluding hydrogens is 228 g/mol. The maximum atomic E-state index is 12.0. The lowest BCUT2D eigenvalue weighted by Gasteiger charge is -2.27. The number of likely N-dealkylation sites (N-methyl/N-ethyl adjacent to an activating group) is 1. The van der Waals surface area contributed by atoms with Gasteiger partial charge in [0, 0.05) is 19.6 Å². The van der Waals surface area contributed by atoms with E-state index in [1.807, 2.05) is 11.9 Å². The van der Waals surface area contributed by atoms with Crippen molar-refractivity contribution in [3.63, 3.8) is 0 Å². The molecule has 2 fully saturated rings. The molecule has 1 amide bonds. The summed E-state index contributed by atoms with van der Waals surface area (Å²) in [4.78, 5) is 13.9. The Bertz CT molecular complexity index is 244. The first-order chi connectivity index (χ1) is 7.18. The van der Waals surface area contributed by atoms with Gasteiger partial charge < -0.3 is 15.3 Å². The Hall–Kier alpha value is -0.320. The number of carbonyl (C=O) groups is 1. The van der Waals surface area contributed by atoms with Gasteiger partial charge in [0.1, 0.15) is 0 Å². The van der Waals surface area contributed by atoms with Gasteiger partial charge in [-0.3, -0.25) is 4.79 Å². The number of rotatable bonds is 2. The fourth-order valence-corrected chi connectivity index (χ4v) is 2.62. The van der Waals surface area contributed by atoms with E-state index in [-0.39, 0.29) is 30.5 Å². The third kappa shape index (κ3) is 2.87. The molecule has 0 radical (unpaired) electrons. The zero-order valence-corrected chi connectivity index (χ0v) is 10.5. The summed E-state index contributed by atoms with van der Waals surface area (Å²) in [6.07, 6.45) is 4.97. The SMILES string of the molecule is CN(C(=O)C1CC(O)CN1)C1CCCC1.Cl. The molecule has 0 spiro atoms. The number of carbonyl (C=O) groups excluding carboxylic acids is 1. The van der Waals surface area contributed by atoms with E-state index >= 15 is 0 Å². The number of nitrogens with one attached hydrogen (secondary N) is 1. The van der Waals surface area contributed by atoms with E-state index in [1.165, 1.54) is 12.8 Å². The van der Waals surface area contributed by atoms with Gasteiger partial charge in [-0.25, -0.2) is 0 Å². The minimum Gasteiger partial charge on any atom is -0.392 e. The number of hydrogen-bond donors (Lipinski definition) is 2. The van der Waals surface area contributed by atoms with E-state index < -0.39 is 0 Å². The Labute approximate surface area is 103 Å². The number of aliphatic hydroxyl groups is 1. The molecule has 1 aliphatic carbocycles. The van der Waals surface area contributed by atoms with Gasteiger partial charge in [-0.2, -0.15) is 0 Å². The summed E-state index contributed by atoms with van der Waals surface area (Å²) >= 11 is 0. The Balaban J connectivity index is 0.00000128. The van der Waals surface area contributed by atoms with Crippen LogP contribution in [0, 0.1) is 0 Å². The Morgan fingerprint density at radius 3 is 2.50 bits per heavy atom. The summed E-state index contributed by atoms with van der Waals surface area (Å²) in [5.74, 6) is 0.151. The van der Waals surface area contributed by atoms with Crippen molar-refractivity contribution in [3.05, 3.63) is 0 Å². The molecule has 16 heavy (non-hydrogen) atoms. The van der Waals surface area contributed by atoms with E-state index in [9.17, 15) is 9.90 Å². The van der Waals surface area contributed by atoms with Gasteiger partial charge in [0.05, 0.1) is 12.1 Å². The topological polar surface area (TPSA) is 52.6 Å². The molecule has 2 aliphatic rings. The maximum Gasteiger partial charge on any atom is 0.239 e. The highest BCUT2D eigenvalue weighted by Crippen LogP contribution is 2.23. The van der Waals surface area contributed by atoms with Crippen molar-refractivity contribution >= 4 is 18.3 Å². The number of hydrogen-bond acceptors (Lipinski definition) is 3. The van der Waals surface area contributed by atoms with E-state index in [1.54, 1.807) is 0 Å². The Morgan fingerprint density at radius 2 is 2.00 bits per heavy atom. The predicted molar refractivity (Wildman–Crippen MR) is 64.7 cm³/mol. The molecule has 1 heterocycles. The van der Waals surface area contributed by atoms with Gasteiger partial charge in [0.25, 0.3) is 0 Å². The molecule has 4 nitrogen and oxygen atoms in total. The molecule has 1 aliphatic heterocycles. The van der Waals surface area contributed by atoms with E-state index in [0.717, 1.165) is 12.8 Å². The largest absolute Gasteiger partial charge is 0.392 e. The van der Waals surface area contributed by atoms with Gasteiger partial charge in [0.2, 0.25) is 5.91 Å². The normalized spacial score (nSPS) is 30.1. The van der Waals surface area contributed by atoms with E-state index in [2.05, 4.69) is 5.32 Å². The molecule has 0 aromatic carbocycles. The van der Waals surface area contributed by atoms with Crippen LogP contribution in [0.2, 0.25) is 0 Å². The molecule has 0 aromatic rings. The zero-order chi connectivity index (χ0) is 10.8. The van der Waals surface area contributed by atoms with E-state index in [0.29, 0.717) is 19.0 Å². The fraction of sp³-hybridized carbons (Fsp3) is 0.909. The van der Waals surface area contributed by atoms with Crippen LogP contribution in [0.5, 0.6) is 0 Å². The third-order valence-electron chi connectivity index (χ3n) is 3.63. The van der Waals surface area contributed by atoms with Gasteiger partial charge in [-0.05, 0) is 19.3 Å². The number of nitrogens with zero attached hydrogens (tertiary/aromatic N) is 1. The van der Waals surface area contributed by atoms with Crippen LogP contribution in [-0.4, -0.2) is 47.7 Å². The summed E-state index contributed by atoms with van der Waals surface area (Å²) in [6, 6.07) is 0.266. The highest BCUT2D eigenvalue weighted by molar-refractivity contribution is 5.85. The van der Waals surface area contributed by atoms with Gasteiger partial charge >= 0.3 is 0 Å². The first-order valence-corrected chi connectivity index (χ1v) is 5.86. The number of halogens is 1. The Morgan fingerprint density at radius 1 is 1.38 bits per heavy atom. The van der Waals surface area contributed by atoms with Crippen molar-refractivity contribution in [2.75, 3.05) is 13.6 Å². The minimum absolute atomic E-state index is 0. The van der Waals surface area contributed by atoms with Crippen LogP contribution in [0.3, 0.4) is 0 Å². The third-order valence-corrected chi connectivity index (χ3v) is 3.63. The molecule has 5 heteroatoms. The molecule has 94 valence electrons. The first-order valence-electron chi connectivity index (χ1n) is 5.86. The van der Waals surface area contributed by atoms with Crippen LogP contribution in [0.1, 0.15) is 32.1 Å². The minimum atomic E-state index is -0.351. The van der Waals surface area contributed by atoms with Crippen molar-refractivity contribution in [1.29, 1.82) is 0 Å². The van der Waals surface area contributed by atoms with Gasteiger partial charge in [-0.1, -0.05) is 12.8 Å². The molecule has 2 rings (SSSR count). The summed E-state index contributed by atoms with van der Waals surface area (Å²) in [5, 5.41) is 12.4. The molecular formula is C11H21ClN2O2. The average Bonchev–Trinajstić information content (AvgIpc) is 2.85. The molecule has 1 saturated heterocycles. The van der Waals surface area contributed by atoms with Crippen molar-refractivity contribution in [2.24, 2.45) is 0 Å². The second-order valence-corrected chi connectivity index (χ2v) is 4.74. The quantitative estimate of drug-likeness (QED) is 0.750. The lowest BCUT2D eigenvalue weighted by Crippen LogP contribution is -2.45. The monoisotopic (exact) mass is 248 g/mol. The fourth-order valence-electron chi connectivity index (χ4n) is 2.62. The number of β-amino-alcohol motifs (C(OH)–C–C–N with tert-alkyl or cyclic N) is 1. The standard InChI is InChI=1S/C11H20N2O2.ClH/c1-13(8-4-2-3-5-8)11(15)10-6-9(14)7-12-10;/h8-10,12,14H,2-7H2,1H3;1H. The van der Waals surface area contributed by atoms with Crippen molar-refractivity contribution in [3.8, 4) is 0 Å². The second-order valence-electron chi connectivity index (χ2n) is 4.74. The molecule has 0 aromatic heterocycles. The second kappa shape index (κ2) is 5.84. The van der Waals surface area contributed by atoms with Crippen molar-refractivity contribution < 1.29 is 9.90 Å². The van der Waals surface area contributed by atoms with Crippen LogP contribution in [0.15, 0.2) is 0 Å². The predicted octanol–water partition coefficient (Wildman–Crippen LogP) is 0.532. The average molecular weight is 249 g/mol.